The van der Waals surface area contributed by atoms with Crippen LogP contribution >= 0.6 is 0 Å². The van der Waals surface area contributed by atoms with Crippen LogP contribution in [0.4, 0.5) is 11.4 Å². The van der Waals surface area contributed by atoms with Crippen LogP contribution in [0.25, 0.3) is 10.4 Å². The summed E-state index contributed by atoms with van der Waals surface area (Å²) in [5, 5.41) is 6.22. The molecule has 0 atom stereocenters. The maximum Gasteiger partial charge on any atom is 0.224 e. The minimum Gasteiger partial charge on any atom is -0.326 e. The lowest BCUT2D eigenvalue weighted by Gasteiger charge is -2.04. The van der Waals surface area contributed by atoms with Gasteiger partial charge in [0.1, 0.15) is 0 Å². The van der Waals surface area contributed by atoms with Crippen LogP contribution in [0.1, 0.15) is 26.2 Å². The molecule has 0 aliphatic heterocycles. The first kappa shape index (κ1) is 12.1. The van der Waals surface area contributed by atoms with Crippen LogP contribution in [0.5, 0.6) is 0 Å². The topological polar surface area (TPSA) is 77.9 Å². The molecule has 1 N–H and O–H groups in total. The third kappa shape index (κ3) is 4.02. The SMILES string of the molecule is CCCCC(=O)Nc1cccc(N=[N+]=[N-])c1. The molecule has 0 saturated carbocycles. The first-order valence-corrected chi connectivity index (χ1v) is 5.21. The van der Waals surface area contributed by atoms with E-state index in [0.717, 1.165) is 12.8 Å². The molecule has 0 aliphatic carbocycles. The maximum absolute atomic E-state index is 11.4. The number of rotatable bonds is 5. The van der Waals surface area contributed by atoms with Crippen LogP contribution in [0.15, 0.2) is 29.4 Å². The van der Waals surface area contributed by atoms with Gasteiger partial charge in [0, 0.05) is 22.7 Å². The van der Waals surface area contributed by atoms with Gasteiger partial charge in [-0.1, -0.05) is 30.6 Å². The lowest BCUT2D eigenvalue weighted by molar-refractivity contribution is -0.116. The van der Waals surface area contributed by atoms with Crippen molar-refractivity contribution in [3.05, 3.63) is 34.7 Å². The highest BCUT2D eigenvalue weighted by Gasteiger charge is 2.01. The molecule has 1 amide bonds. The molecule has 16 heavy (non-hydrogen) atoms. The minimum atomic E-state index is -0.0139. The summed E-state index contributed by atoms with van der Waals surface area (Å²) in [5.41, 5.74) is 9.43. The molecular formula is C11H14N4O. The Morgan fingerprint density at radius 1 is 1.56 bits per heavy atom. The van der Waals surface area contributed by atoms with E-state index < -0.39 is 0 Å². The van der Waals surface area contributed by atoms with Crippen LogP contribution in [0.2, 0.25) is 0 Å². The van der Waals surface area contributed by atoms with Gasteiger partial charge in [-0.15, -0.1) is 0 Å². The highest BCUT2D eigenvalue weighted by atomic mass is 16.1. The zero-order valence-electron chi connectivity index (χ0n) is 9.18. The number of nitrogens with one attached hydrogen (secondary N) is 1. The average Bonchev–Trinajstić information content (AvgIpc) is 2.27. The van der Waals surface area contributed by atoms with Gasteiger partial charge >= 0.3 is 0 Å². The summed E-state index contributed by atoms with van der Waals surface area (Å²) in [6.07, 6.45) is 2.39. The average molecular weight is 218 g/mol. The van der Waals surface area contributed by atoms with Crippen molar-refractivity contribution in [2.75, 3.05) is 5.32 Å². The molecule has 1 aromatic carbocycles. The van der Waals surface area contributed by atoms with Crippen LogP contribution in [0.3, 0.4) is 0 Å². The van der Waals surface area contributed by atoms with Crippen molar-refractivity contribution < 1.29 is 4.79 Å². The molecule has 5 nitrogen and oxygen atoms in total. The van der Waals surface area contributed by atoms with E-state index in [2.05, 4.69) is 15.3 Å². The molecule has 0 aliphatic rings. The second-order valence-electron chi connectivity index (χ2n) is 3.39. The Morgan fingerprint density at radius 3 is 3.06 bits per heavy atom. The van der Waals surface area contributed by atoms with Crippen molar-refractivity contribution >= 4 is 17.3 Å². The van der Waals surface area contributed by atoms with E-state index in [1.54, 1.807) is 24.3 Å². The van der Waals surface area contributed by atoms with Crippen molar-refractivity contribution in [2.24, 2.45) is 5.11 Å². The number of azide groups is 1. The Labute approximate surface area is 94.1 Å². The molecule has 0 unspecified atom stereocenters. The summed E-state index contributed by atoms with van der Waals surface area (Å²) >= 11 is 0. The van der Waals surface area contributed by atoms with Crippen LogP contribution in [0, 0.1) is 0 Å². The molecule has 0 aromatic heterocycles. The zero-order valence-corrected chi connectivity index (χ0v) is 9.18. The van der Waals surface area contributed by atoms with E-state index in [-0.39, 0.29) is 5.91 Å². The number of benzene rings is 1. The first-order valence-electron chi connectivity index (χ1n) is 5.21. The number of hydrogen-bond donors (Lipinski definition) is 1. The molecule has 0 bridgehead atoms. The van der Waals surface area contributed by atoms with Gasteiger partial charge in [-0.25, -0.2) is 0 Å². The van der Waals surface area contributed by atoms with Crippen LogP contribution < -0.4 is 5.32 Å². The smallest absolute Gasteiger partial charge is 0.224 e. The number of anilines is 1. The monoisotopic (exact) mass is 218 g/mol. The predicted molar refractivity (Wildman–Crippen MR) is 63.4 cm³/mol. The van der Waals surface area contributed by atoms with E-state index in [0.29, 0.717) is 17.8 Å². The molecule has 84 valence electrons. The molecule has 1 rings (SSSR count). The number of amides is 1. The summed E-state index contributed by atoms with van der Waals surface area (Å²) < 4.78 is 0. The molecule has 1 aromatic rings. The van der Waals surface area contributed by atoms with E-state index in [1.807, 2.05) is 6.92 Å². The minimum absolute atomic E-state index is 0.0139. The van der Waals surface area contributed by atoms with Crippen molar-refractivity contribution in [1.29, 1.82) is 0 Å². The van der Waals surface area contributed by atoms with Gasteiger partial charge in [0.2, 0.25) is 5.91 Å². The maximum atomic E-state index is 11.4. The summed E-state index contributed by atoms with van der Waals surface area (Å²) in [4.78, 5) is 14.1. The van der Waals surface area contributed by atoms with Crippen LogP contribution in [-0.4, -0.2) is 5.91 Å². The summed E-state index contributed by atoms with van der Waals surface area (Å²) in [7, 11) is 0. The van der Waals surface area contributed by atoms with Crippen molar-refractivity contribution in [3.8, 4) is 0 Å². The molecule has 5 heteroatoms. The lowest BCUT2D eigenvalue weighted by atomic mass is 10.2. The fourth-order valence-electron chi connectivity index (χ4n) is 1.26. The quantitative estimate of drug-likeness (QED) is 0.456. The number of carbonyl (C=O) groups is 1. The van der Waals surface area contributed by atoms with E-state index in [4.69, 9.17) is 5.53 Å². The van der Waals surface area contributed by atoms with Crippen LogP contribution in [-0.2, 0) is 4.79 Å². The molecule has 0 fully saturated rings. The van der Waals surface area contributed by atoms with E-state index in [9.17, 15) is 4.79 Å². The Hall–Kier alpha value is -2.00. The number of unbranched alkanes of at least 4 members (excludes halogenated alkanes) is 1. The van der Waals surface area contributed by atoms with Crippen molar-refractivity contribution in [1.82, 2.24) is 0 Å². The molecular weight excluding hydrogens is 204 g/mol. The Balaban J connectivity index is 2.62. The Morgan fingerprint density at radius 2 is 2.38 bits per heavy atom. The van der Waals surface area contributed by atoms with E-state index in [1.165, 1.54) is 0 Å². The molecule has 0 saturated heterocycles. The van der Waals surface area contributed by atoms with Crippen molar-refractivity contribution in [2.45, 2.75) is 26.2 Å². The number of hydrogen-bond acceptors (Lipinski definition) is 2. The Kier molecular flexibility index (Phi) is 4.89. The lowest BCUT2D eigenvalue weighted by Crippen LogP contribution is -2.10. The molecule has 0 radical (unpaired) electrons. The zero-order chi connectivity index (χ0) is 11.8. The largest absolute Gasteiger partial charge is 0.326 e. The summed E-state index contributed by atoms with van der Waals surface area (Å²) in [6, 6.07) is 6.82. The summed E-state index contributed by atoms with van der Waals surface area (Å²) in [6.45, 7) is 2.04. The molecule has 0 spiro atoms. The van der Waals surface area contributed by atoms with Gasteiger partial charge < -0.3 is 5.32 Å². The van der Waals surface area contributed by atoms with Gasteiger partial charge in [-0.3, -0.25) is 4.79 Å². The normalized spacial score (nSPS) is 9.31. The summed E-state index contributed by atoms with van der Waals surface area (Å²) in [5.74, 6) is -0.0139. The number of nitrogens with zero attached hydrogens (tertiary/aromatic N) is 3. The predicted octanol–water partition coefficient (Wildman–Crippen LogP) is 3.76. The van der Waals surface area contributed by atoms with Gasteiger partial charge in [0.05, 0.1) is 0 Å². The second-order valence-corrected chi connectivity index (χ2v) is 3.39. The highest BCUT2D eigenvalue weighted by molar-refractivity contribution is 5.91. The standard InChI is InChI=1S/C11H14N4O/c1-2-3-7-11(16)13-9-5-4-6-10(8-9)14-15-12/h4-6,8H,2-3,7H2,1H3,(H,13,16). The highest BCUT2D eigenvalue weighted by Crippen LogP contribution is 2.18. The molecule has 0 heterocycles. The fourth-order valence-corrected chi connectivity index (χ4v) is 1.26. The second kappa shape index (κ2) is 6.48. The van der Waals surface area contributed by atoms with Gasteiger partial charge in [0.25, 0.3) is 0 Å². The third-order valence-corrected chi connectivity index (χ3v) is 2.05. The van der Waals surface area contributed by atoms with E-state index >= 15 is 0 Å². The third-order valence-electron chi connectivity index (χ3n) is 2.05. The number of carbonyl (C=O) groups excluding carboxylic acids is 1. The van der Waals surface area contributed by atoms with Gasteiger partial charge in [-0.05, 0) is 24.1 Å². The fraction of sp³-hybridized carbons (Fsp3) is 0.364. The van der Waals surface area contributed by atoms with Crippen molar-refractivity contribution in [3.63, 3.8) is 0 Å². The van der Waals surface area contributed by atoms with Gasteiger partial charge in [0.15, 0.2) is 0 Å². The van der Waals surface area contributed by atoms with Gasteiger partial charge in [-0.2, -0.15) is 0 Å². The first-order chi connectivity index (χ1) is 7.76. The Bertz CT molecular complexity index is 410.